The molecule has 0 saturated heterocycles. The Morgan fingerprint density at radius 1 is 1.38 bits per heavy atom. The lowest BCUT2D eigenvalue weighted by molar-refractivity contribution is -0.144. The van der Waals surface area contributed by atoms with Crippen LogP contribution in [0.1, 0.15) is 20.3 Å². The summed E-state index contributed by atoms with van der Waals surface area (Å²) in [6, 6.07) is 7.07. The molecule has 0 spiro atoms. The fraction of sp³-hybridized carbons (Fsp3) is 0.417. The number of para-hydroxylation sites is 2. The van der Waals surface area contributed by atoms with E-state index in [9.17, 15) is 4.79 Å². The van der Waals surface area contributed by atoms with Crippen molar-refractivity contribution in [3.63, 3.8) is 0 Å². The number of benzene rings is 1. The van der Waals surface area contributed by atoms with Crippen LogP contribution in [0.4, 0.5) is 0 Å². The summed E-state index contributed by atoms with van der Waals surface area (Å²) in [6.07, 6.45) is 0.00870. The third-order valence-electron chi connectivity index (χ3n) is 1.96. The molecular formula is C12H16O4. The van der Waals surface area contributed by atoms with E-state index in [0.717, 1.165) is 6.42 Å². The van der Waals surface area contributed by atoms with Crippen molar-refractivity contribution in [2.75, 3.05) is 6.61 Å². The molecule has 16 heavy (non-hydrogen) atoms. The lowest BCUT2D eigenvalue weighted by Crippen LogP contribution is -2.23. The van der Waals surface area contributed by atoms with E-state index in [-0.39, 0.29) is 0 Å². The molecule has 0 radical (unpaired) electrons. The summed E-state index contributed by atoms with van der Waals surface area (Å²) in [7, 11) is 0. The summed E-state index contributed by atoms with van der Waals surface area (Å²) in [5, 5.41) is 8.74. The van der Waals surface area contributed by atoms with Crippen molar-refractivity contribution in [3.05, 3.63) is 24.3 Å². The second-order valence-corrected chi connectivity index (χ2v) is 3.39. The first kappa shape index (κ1) is 12.4. The molecule has 0 amide bonds. The second kappa shape index (κ2) is 6.00. The van der Waals surface area contributed by atoms with Gasteiger partial charge in [0.15, 0.2) is 17.6 Å². The maximum Gasteiger partial charge on any atom is 0.344 e. The molecule has 0 aliphatic rings. The lowest BCUT2D eigenvalue weighted by atomic mass is 10.3. The normalized spacial score (nSPS) is 11.9. The van der Waals surface area contributed by atoms with E-state index in [2.05, 4.69) is 0 Å². The van der Waals surface area contributed by atoms with Gasteiger partial charge in [-0.3, -0.25) is 0 Å². The molecule has 0 aromatic heterocycles. The minimum Gasteiger partial charge on any atom is -0.490 e. The summed E-state index contributed by atoms with van der Waals surface area (Å²) >= 11 is 0. The number of hydrogen-bond acceptors (Lipinski definition) is 3. The predicted molar refractivity (Wildman–Crippen MR) is 60.0 cm³/mol. The number of ether oxygens (including phenoxy) is 2. The zero-order valence-electron chi connectivity index (χ0n) is 9.47. The van der Waals surface area contributed by atoms with Gasteiger partial charge in [-0.05, 0) is 25.5 Å². The first-order valence-electron chi connectivity index (χ1n) is 5.26. The van der Waals surface area contributed by atoms with Gasteiger partial charge in [0.25, 0.3) is 0 Å². The smallest absolute Gasteiger partial charge is 0.344 e. The third-order valence-corrected chi connectivity index (χ3v) is 1.96. The standard InChI is InChI=1S/C12H16O4/c1-3-8-15-10-6-4-5-7-11(10)16-9(2)12(13)14/h4-7,9H,3,8H2,1-2H3,(H,13,14)/t9-/m0/s1. The van der Waals surface area contributed by atoms with Crippen molar-refractivity contribution in [2.24, 2.45) is 0 Å². The van der Waals surface area contributed by atoms with Crippen LogP contribution in [0, 0.1) is 0 Å². The highest BCUT2D eigenvalue weighted by atomic mass is 16.5. The summed E-state index contributed by atoms with van der Waals surface area (Å²) in [5.41, 5.74) is 0. The molecule has 4 nitrogen and oxygen atoms in total. The van der Waals surface area contributed by atoms with Gasteiger partial charge in [0.05, 0.1) is 6.61 Å². The van der Waals surface area contributed by atoms with Gasteiger partial charge < -0.3 is 14.6 Å². The molecule has 0 aliphatic heterocycles. The zero-order valence-corrected chi connectivity index (χ0v) is 9.47. The van der Waals surface area contributed by atoms with E-state index >= 15 is 0 Å². The Hall–Kier alpha value is -1.71. The summed E-state index contributed by atoms with van der Waals surface area (Å²) in [5.74, 6) is 0.0496. The lowest BCUT2D eigenvalue weighted by Gasteiger charge is -2.14. The van der Waals surface area contributed by atoms with Gasteiger partial charge in [-0.1, -0.05) is 19.1 Å². The fourth-order valence-electron chi connectivity index (χ4n) is 1.12. The van der Waals surface area contributed by atoms with Crippen molar-refractivity contribution in [2.45, 2.75) is 26.4 Å². The molecule has 4 heteroatoms. The molecule has 0 unspecified atom stereocenters. The van der Waals surface area contributed by atoms with Gasteiger partial charge in [-0.25, -0.2) is 4.79 Å². The molecule has 88 valence electrons. The van der Waals surface area contributed by atoms with E-state index in [1.807, 2.05) is 13.0 Å². The molecule has 0 saturated carbocycles. The van der Waals surface area contributed by atoms with Crippen LogP contribution in [0.2, 0.25) is 0 Å². The zero-order chi connectivity index (χ0) is 12.0. The van der Waals surface area contributed by atoms with Gasteiger partial charge in [0, 0.05) is 0 Å². The Kier molecular flexibility index (Phi) is 4.64. The number of aliphatic carboxylic acids is 1. The number of carboxylic acid groups (broad SMARTS) is 1. The Bertz CT molecular complexity index is 349. The molecule has 0 fully saturated rings. The van der Waals surface area contributed by atoms with Crippen LogP contribution in [0.25, 0.3) is 0 Å². The van der Waals surface area contributed by atoms with Gasteiger partial charge in [-0.15, -0.1) is 0 Å². The van der Waals surface area contributed by atoms with Crippen molar-refractivity contribution >= 4 is 5.97 Å². The Labute approximate surface area is 94.8 Å². The Balaban J connectivity index is 2.74. The van der Waals surface area contributed by atoms with Crippen molar-refractivity contribution in [1.29, 1.82) is 0 Å². The predicted octanol–water partition coefficient (Wildman–Crippen LogP) is 2.33. The molecule has 0 heterocycles. The van der Waals surface area contributed by atoms with Crippen molar-refractivity contribution in [1.82, 2.24) is 0 Å². The quantitative estimate of drug-likeness (QED) is 0.805. The molecule has 0 aliphatic carbocycles. The van der Waals surface area contributed by atoms with Gasteiger partial charge in [0.2, 0.25) is 0 Å². The summed E-state index contributed by atoms with van der Waals surface area (Å²) < 4.78 is 10.7. The number of rotatable bonds is 6. The summed E-state index contributed by atoms with van der Waals surface area (Å²) in [4.78, 5) is 10.7. The average molecular weight is 224 g/mol. The fourth-order valence-corrected chi connectivity index (χ4v) is 1.12. The van der Waals surface area contributed by atoms with Crippen LogP contribution in [-0.2, 0) is 4.79 Å². The monoisotopic (exact) mass is 224 g/mol. The van der Waals surface area contributed by atoms with Gasteiger partial charge >= 0.3 is 5.97 Å². The van der Waals surface area contributed by atoms with Crippen LogP contribution in [0.15, 0.2) is 24.3 Å². The maximum absolute atomic E-state index is 10.7. The van der Waals surface area contributed by atoms with Crippen molar-refractivity contribution in [3.8, 4) is 11.5 Å². The van der Waals surface area contributed by atoms with Gasteiger partial charge in [0.1, 0.15) is 0 Å². The van der Waals surface area contributed by atoms with Crippen molar-refractivity contribution < 1.29 is 19.4 Å². The minimum absolute atomic E-state index is 0.464. The topological polar surface area (TPSA) is 55.8 Å². The average Bonchev–Trinajstić information content (AvgIpc) is 2.27. The molecule has 1 rings (SSSR count). The Morgan fingerprint density at radius 2 is 2.00 bits per heavy atom. The van der Waals surface area contributed by atoms with Crippen LogP contribution in [0.3, 0.4) is 0 Å². The van der Waals surface area contributed by atoms with E-state index in [1.54, 1.807) is 18.2 Å². The largest absolute Gasteiger partial charge is 0.490 e. The molecule has 0 bridgehead atoms. The van der Waals surface area contributed by atoms with Crippen LogP contribution < -0.4 is 9.47 Å². The Morgan fingerprint density at radius 3 is 2.56 bits per heavy atom. The minimum atomic E-state index is -0.995. The first-order valence-corrected chi connectivity index (χ1v) is 5.26. The molecule has 1 aromatic carbocycles. The van der Waals surface area contributed by atoms with E-state index < -0.39 is 12.1 Å². The number of hydrogen-bond donors (Lipinski definition) is 1. The number of carboxylic acids is 1. The van der Waals surface area contributed by atoms with Gasteiger partial charge in [-0.2, -0.15) is 0 Å². The SMILES string of the molecule is CCCOc1ccccc1O[C@@H](C)C(=O)O. The highest BCUT2D eigenvalue weighted by molar-refractivity contribution is 5.72. The molecular weight excluding hydrogens is 208 g/mol. The highest BCUT2D eigenvalue weighted by Gasteiger charge is 2.14. The van der Waals surface area contributed by atoms with E-state index in [0.29, 0.717) is 18.1 Å². The molecule has 1 atom stereocenters. The third kappa shape index (κ3) is 3.46. The second-order valence-electron chi connectivity index (χ2n) is 3.39. The van der Waals surface area contributed by atoms with Crippen LogP contribution in [0.5, 0.6) is 11.5 Å². The summed E-state index contributed by atoms with van der Waals surface area (Å²) in [6.45, 7) is 4.07. The van der Waals surface area contributed by atoms with E-state index in [4.69, 9.17) is 14.6 Å². The molecule has 1 N–H and O–H groups in total. The highest BCUT2D eigenvalue weighted by Crippen LogP contribution is 2.27. The van der Waals surface area contributed by atoms with E-state index in [1.165, 1.54) is 6.92 Å². The maximum atomic E-state index is 10.7. The van der Waals surface area contributed by atoms with Crippen LogP contribution >= 0.6 is 0 Å². The number of carbonyl (C=O) groups is 1. The first-order chi connectivity index (χ1) is 7.65. The molecule has 1 aromatic rings. The van der Waals surface area contributed by atoms with Crippen LogP contribution in [-0.4, -0.2) is 23.8 Å².